The van der Waals surface area contributed by atoms with Gasteiger partial charge in [-0.15, -0.1) is 0 Å². The van der Waals surface area contributed by atoms with Crippen molar-refractivity contribution in [3.63, 3.8) is 0 Å². The number of para-hydroxylation sites is 1. The van der Waals surface area contributed by atoms with Crippen LogP contribution in [0, 0.1) is 0 Å². The van der Waals surface area contributed by atoms with Gasteiger partial charge in [-0.3, -0.25) is 0 Å². The van der Waals surface area contributed by atoms with Crippen molar-refractivity contribution in [3.05, 3.63) is 30.3 Å². The van der Waals surface area contributed by atoms with Crippen molar-refractivity contribution in [1.29, 1.82) is 0 Å². The number of aromatic nitrogens is 1. The molecule has 1 aromatic carbocycles. The van der Waals surface area contributed by atoms with Gasteiger partial charge >= 0.3 is 160 Å². The molecule has 0 saturated carbocycles. The average molecular weight is 448 g/mol. The van der Waals surface area contributed by atoms with Crippen LogP contribution in [-0.2, 0) is 0 Å². The standard InChI is InChI=1S/C11H12N.3C4H9.Sn/c1-9(2)12-8-7-10-5-3-4-6-11(10)12;3*1-3-4-2;/h3-7,9H,1-2H3;3*1,3-4H2,2H3;. The third-order valence-corrected chi connectivity index (χ3v) is 21.3. The topological polar surface area (TPSA) is 4.93 Å². The summed E-state index contributed by atoms with van der Waals surface area (Å²) >= 11 is -2.39. The van der Waals surface area contributed by atoms with Gasteiger partial charge in [0.2, 0.25) is 0 Å². The first-order valence-corrected chi connectivity index (χ1v) is 18.2. The molecule has 0 aliphatic heterocycles. The Balaban J connectivity index is 2.60. The quantitative estimate of drug-likeness (QED) is 0.319. The molecule has 0 aliphatic rings. The Morgan fingerprint density at radius 3 is 1.84 bits per heavy atom. The molecule has 0 amide bonds. The van der Waals surface area contributed by atoms with Gasteiger partial charge in [0.15, 0.2) is 0 Å². The summed E-state index contributed by atoms with van der Waals surface area (Å²) in [4.78, 5) is 0. The van der Waals surface area contributed by atoms with E-state index in [9.17, 15) is 0 Å². The van der Waals surface area contributed by atoms with E-state index in [1.807, 2.05) is 3.71 Å². The molecule has 0 radical (unpaired) electrons. The van der Waals surface area contributed by atoms with Crippen molar-refractivity contribution in [2.75, 3.05) is 0 Å². The van der Waals surface area contributed by atoms with Gasteiger partial charge in [0, 0.05) is 0 Å². The number of hydrogen-bond acceptors (Lipinski definition) is 0. The molecule has 2 rings (SSSR count). The summed E-state index contributed by atoms with van der Waals surface area (Å²) in [5.74, 6) is 0. The fraction of sp³-hybridized carbons (Fsp3) is 0.652. The predicted octanol–water partition coefficient (Wildman–Crippen LogP) is 7.28. The fourth-order valence-electron chi connectivity index (χ4n) is 4.45. The molecule has 2 heteroatoms. The Bertz CT molecular complexity index is 619. The van der Waals surface area contributed by atoms with Gasteiger partial charge in [0.1, 0.15) is 0 Å². The first-order valence-electron chi connectivity index (χ1n) is 10.7. The van der Waals surface area contributed by atoms with Gasteiger partial charge in [0.25, 0.3) is 0 Å². The molecule has 0 unspecified atom stereocenters. The van der Waals surface area contributed by atoms with E-state index in [-0.39, 0.29) is 0 Å². The molecule has 2 aromatic rings. The van der Waals surface area contributed by atoms with Crippen LogP contribution in [0.25, 0.3) is 10.9 Å². The number of fused-ring (bicyclic) bond motifs is 1. The summed E-state index contributed by atoms with van der Waals surface area (Å²) in [5, 5.41) is 1.47. The molecule has 0 atom stereocenters. The number of unbranched alkanes of at least 4 members (excludes halogenated alkanes) is 3. The zero-order valence-electron chi connectivity index (χ0n) is 17.3. The van der Waals surface area contributed by atoms with Gasteiger partial charge in [-0.05, 0) is 0 Å². The van der Waals surface area contributed by atoms with Gasteiger partial charge < -0.3 is 0 Å². The molecule has 140 valence electrons. The van der Waals surface area contributed by atoms with Crippen molar-refractivity contribution in [1.82, 2.24) is 4.57 Å². The Labute approximate surface area is 160 Å². The summed E-state index contributed by atoms with van der Waals surface area (Å²) in [7, 11) is 0. The van der Waals surface area contributed by atoms with Crippen LogP contribution in [0.3, 0.4) is 0 Å². The van der Waals surface area contributed by atoms with Crippen molar-refractivity contribution < 1.29 is 0 Å². The van der Waals surface area contributed by atoms with Crippen LogP contribution in [0.1, 0.15) is 79.2 Å². The molecule has 0 bridgehead atoms. The second kappa shape index (κ2) is 10.0. The molecule has 0 saturated heterocycles. The van der Waals surface area contributed by atoms with Gasteiger partial charge in [-0.25, -0.2) is 0 Å². The zero-order valence-corrected chi connectivity index (χ0v) is 20.1. The normalized spacial score (nSPS) is 12.4. The minimum absolute atomic E-state index is 0.566. The Hall–Kier alpha value is -0.441. The van der Waals surface area contributed by atoms with Crippen LogP contribution in [0.4, 0.5) is 0 Å². The third-order valence-electron chi connectivity index (χ3n) is 5.83. The van der Waals surface area contributed by atoms with Crippen molar-refractivity contribution in [2.24, 2.45) is 0 Å². The number of benzene rings is 1. The Morgan fingerprint density at radius 1 is 0.840 bits per heavy atom. The van der Waals surface area contributed by atoms with E-state index < -0.39 is 18.4 Å². The Kier molecular flexibility index (Phi) is 8.38. The van der Waals surface area contributed by atoms with E-state index >= 15 is 0 Å². The second-order valence-corrected chi connectivity index (χ2v) is 21.2. The molecule has 1 nitrogen and oxygen atoms in total. The number of nitrogens with zero attached hydrogens (tertiary/aromatic N) is 1. The minimum atomic E-state index is -2.39. The van der Waals surface area contributed by atoms with Crippen LogP contribution >= 0.6 is 0 Å². The number of hydrogen-bond donors (Lipinski definition) is 0. The van der Waals surface area contributed by atoms with E-state index in [0.29, 0.717) is 6.04 Å². The van der Waals surface area contributed by atoms with Crippen LogP contribution in [0.15, 0.2) is 30.3 Å². The molecule has 0 N–H and O–H groups in total. The molecular formula is C23H39NSn. The molecule has 0 spiro atoms. The van der Waals surface area contributed by atoms with Crippen LogP contribution in [0.2, 0.25) is 13.3 Å². The van der Waals surface area contributed by atoms with E-state index in [2.05, 4.69) is 69.5 Å². The summed E-state index contributed by atoms with van der Waals surface area (Å²) in [6.45, 7) is 11.9. The first kappa shape index (κ1) is 20.9. The van der Waals surface area contributed by atoms with Crippen LogP contribution in [0.5, 0.6) is 0 Å². The van der Waals surface area contributed by atoms with Crippen molar-refractivity contribution >= 4 is 33.0 Å². The van der Waals surface area contributed by atoms with Gasteiger partial charge in [0.05, 0.1) is 0 Å². The fourth-order valence-corrected chi connectivity index (χ4v) is 21.5. The van der Waals surface area contributed by atoms with E-state index in [1.165, 1.54) is 49.4 Å². The van der Waals surface area contributed by atoms with E-state index in [1.54, 1.807) is 13.3 Å². The molecule has 0 aliphatic carbocycles. The van der Waals surface area contributed by atoms with Crippen LogP contribution < -0.4 is 3.71 Å². The zero-order chi connectivity index (χ0) is 18.3. The SMILES string of the molecule is CCC[CH2][Sn]([CH2]CCC)([CH2]CCC)[c]1cc2ccccc2n1C(C)C. The van der Waals surface area contributed by atoms with Gasteiger partial charge in [-0.2, -0.15) is 0 Å². The molecule has 1 heterocycles. The first-order chi connectivity index (χ1) is 12.1. The molecule has 0 fully saturated rings. The summed E-state index contributed by atoms with van der Waals surface area (Å²) in [6, 6.07) is 12.3. The third kappa shape index (κ3) is 4.84. The van der Waals surface area contributed by atoms with Crippen molar-refractivity contribution in [3.8, 4) is 0 Å². The van der Waals surface area contributed by atoms with E-state index in [4.69, 9.17) is 0 Å². The second-order valence-electron chi connectivity index (χ2n) is 8.14. The molecular weight excluding hydrogens is 409 g/mol. The Morgan fingerprint density at radius 2 is 1.36 bits per heavy atom. The van der Waals surface area contributed by atoms with Gasteiger partial charge in [-0.1, -0.05) is 0 Å². The van der Waals surface area contributed by atoms with Crippen LogP contribution in [-0.4, -0.2) is 22.9 Å². The average Bonchev–Trinajstić information content (AvgIpc) is 3.01. The monoisotopic (exact) mass is 449 g/mol. The van der Waals surface area contributed by atoms with E-state index in [0.717, 1.165) is 0 Å². The molecule has 25 heavy (non-hydrogen) atoms. The summed E-state index contributed by atoms with van der Waals surface area (Å²) in [5.41, 5.74) is 1.47. The van der Waals surface area contributed by atoms with Crippen molar-refractivity contribution in [2.45, 2.75) is 92.5 Å². The summed E-state index contributed by atoms with van der Waals surface area (Å²) < 4.78 is 9.21. The summed E-state index contributed by atoms with van der Waals surface area (Å²) in [6.07, 6.45) is 8.34. The predicted molar refractivity (Wildman–Crippen MR) is 117 cm³/mol. The molecule has 1 aromatic heterocycles. The maximum atomic E-state index is 2.74. The maximum absolute atomic E-state index is 2.74. The number of rotatable bonds is 11.